The standard InChI is InChI=1S/C13H24N2O/c1-2-5-14-6-7-15-13(16)12-9-10-3-4-11(12)8-10/h10-12,14H,2-9H2,1H3,(H,15,16). The Labute approximate surface area is 98.4 Å². The molecule has 2 fully saturated rings. The average molecular weight is 224 g/mol. The second-order valence-corrected chi connectivity index (χ2v) is 5.32. The molecule has 2 saturated carbocycles. The monoisotopic (exact) mass is 224 g/mol. The van der Waals surface area contributed by atoms with E-state index in [1.807, 2.05) is 0 Å². The van der Waals surface area contributed by atoms with Crippen molar-refractivity contribution < 1.29 is 4.79 Å². The van der Waals surface area contributed by atoms with Crippen LogP contribution in [0.15, 0.2) is 0 Å². The van der Waals surface area contributed by atoms with Crippen LogP contribution in [0.1, 0.15) is 39.0 Å². The molecule has 3 heteroatoms. The molecule has 3 atom stereocenters. The van der Waals surface area contributed by atoms with Gasteiger partial charge in [-0.25, -0.2) is 0 Å². The number of amides is 1. The molecular weight excluding hydrogens is 200 g/mol. The lowest BCUT2D eigenvalue weighted by molar-refractivity contribution is -0.126. The number of fused-ring (bicyclic) bond motifs is 2. The molecule has 3 unspecified atom stereocenters. The van der Waals surface area contributed by atoms with E-state index in [-0.39, 0.29) is 0 Å². The van der Waals surface area contributed by atoms with Crippen molar-refractivity contribution in [2.75, 3.05) is 19.6 Å². The highest BCUT2D eigenvalue weighted by Crippen LogP contribution is 2.48. The fraction of sp³-hybridized carbons (Fsp3) is 0.923. The molecule has 0 aromatic carbocycles. The summed E-state index contributed by atoms with van der Waals surface area (Å²) < 4.78 is 0. The fourth-order valence-corrected chi connectivity index (χ4v) is 3.27. The summed E-state index contributed by atoms with van der Waals surface area (Å²) in [5.74, 6) is 2.21. The largest absolute Gasteiger partial charge is 0.355 e. The van der Waals surface area contributed by atoms with Crippen LogP contribution in [-0.4, -0.2) is 25.5 Å². The van der Waals surface area contributed by atoms with Crippen molar-refractivity contribution in [3.8, 4) is 0 Å². The summed E-state index contributed by atoms with van der Waals surface area (Å²) in [5.41, 5.74) is 0. The predicted octanol–water partition coefficient (Wildman–Crippen LogP) is 1.54. The number of carbonyl (C=O) groups is 1. The Bertz CT molecular complexity index is 242. The van der Waals surface area contributed by atoms with Gasteiger partial charge in [-0.1, -0.05) is 13.3 Å². The maximum atomic E-state index is 11.9. The minimum absolute atomic E-state index is 0.311. The van der Waals surface area contributed by atoms with Crippen molar-refractivity contribution in [3.05, 3.63) is 0 Å². The molecule has 2 rings (SSSR count). The highest BCUT2D eigenvalue weighted by Gasteiger charge is 2.42. The lowest BCUT2D eigenvalue weighted by Gasteiger charge is -2.20. The minimum Gasteiger partial charge on any atom is -0.355 e. The van der Waals surface area contributed by atoms with Gasteiger partial charge in [-0.05, 0) is 44.1 Å². The number of hydrogen-bond donors (Lipinski definition) is 2. The van der Waals surface area contributed by atoms with Crippen molar-refractivity contribution in [2.45, 2.75) is 39.0 Å². The Hall–Kier alpha value is -0.570. The Morgan fingerprint density at radius 2 is 2.06 bits per heavy atom. The van der Waals surface area contributed by atoms with Gasteiger partial charge in [0.1, 0.15) is 0 Å². The summed E-state index contributed by atoms with van der Waals surface area (Å²) >= 11 is 0. The molecule has 1 amide bonds. The van der Waals surface area contributed by atoms with Gasteiger partial charge in [0, 0.05) is 19.0 Å². The fourth-order valence-electron chi connectivity index (χ4n) is 3.27. The molecule has 2 aliphatic carbocycles. The van der Waals surface area contributed by atoms with Crippen LogP contribution < -0.4 is 10.6 Å². The van der Waals surface area contributed by atoms with E-state index in [0.29, 0.717) is 17.7 Å². The predicted molar refractivity (Wildman–Crippen MR) is 65.1 cm³/mol. The van der Waals surface area contributed by atoms with E-state index in [1.165, 1.54) is 19.3 Å². The maximum Gasteiger partial charge on any atom is 0.223 e. The van der Waals surface area contributed by atoms with Crippen LogP contribution in [0.4, 0.5) is 0 Å². The summed E-state index contributed by atoms with van der Waals surface area (Å²) in [6, 6.07) is 0. The summed E-state index contributed by atoms with van der Waals surface area (Å²) in [4.78, 5) is 11.9. The van der Waals surface area contributed by atoms with Crippen LogP contribution in [-0.2, 0) is 4.79 Å². The van der Waals surface area contributed by atoms with E-state index in [1.54, 1.807) is 0 Å². The van der Waals surface area contributed by atoms with E-state index < -0.39 is 0 Å². The first-order valence-corrected chi connectivity index (χ1v) is 6.79. The number of nitrogens with one attached hydrogen (secondary N) is 2. The van der Waals surface area contributed by atoms with E-state index in [0.717, 1.165) is 38.4 Å². The van der Waals surface area contributed by atoms with Crippen molar-refractivity contribution >= 4 is 5.91 Å². The third kappa shape index (κ3) is 2.76. The molecular formula is C13H24N2O. The van der Waals surface area contributed by atoms with Gasteiger partial charge >= 0.3 is 0 Å². The second kappa shape index (κ2) is 5.67. The molecule has 0 aromatic heterocycles. The van der Waals surface area contributed by atoms with Crippen molar-refractivity contribution in [1.29, 1.82) is 0 Å². The van der Waals surface area contributed by atoms with E-state index in [2.05, 4.69) is 17.6 Å². The molecule has 0 spiro atoms. The van der Waals surface area contributed by atoms with Gasteiger partial charge in [0.15, 0.2) is 0 Å². The van der Waals surface area contributed by atoms with Crippen molar-refractivity contribution in [1.82, 2.24) is 10.6 Å². The number of rotatable bonds is 6. The summed E-state index contributed by atoms with van der Waals surface area (Å²) in [5, 5.41) is 6.37. The minimum atomic E-state index is 0.311. The van der Waals surface area contributed by atoms with Crippen LogP contribution in [0.3, 0.4) is 0 Å². The Morgan fingerprint density at radius 1 is 1.19 bits per heavy atom. The van der Waals surface area contributed by atoms with Gasteiger partial charge in [0.05, 0.1) is 0 Å². The van der Waals surface area contributed by atoms with Gasteiger partial charge in [0.25, 0.3) is 0 Å². The van der Waals surface area contributed by atoms with Crippen LogP contribution >= 0.6 is 0 Å². The molecule has 2 bridgehead atoms. The molecule has 0 radical (unpaired) electrons. The van der Waals surface area contributed by atoms with Gasteiger partial charge in [-0.15, -0.1) is 0 Å². The first-order valence-electron chi connectivity index (χ1n) is 6.79. The van der Waals surface area contributed by atoms with Crippen LogP contribution in [0.2, 0.25) is 0 Å². The topological polar surface area (TPSA) is 41.1 Å². The van der Waals surface area contributed by atoms with Gasteiger partial charge in [0.2, 0.25) is 5.91 Å². The summed E-state index contributed by atoms with van der Waals surface area (Å²) in [6.07, 6.45) is 6.27. The van der Waals surface area contributed by atoms with Crippen molar-refractivity contribution in [2.24, 2.45) is 17.8 Å². The normalized spacial score (nSPS) is 31.9. The van der Waals surface area contributed by atoms with Gasteiger partial charge in [-0.2, -0.15) is 0 Å². The summed E-state index contributed by atoms with van der Waals surface area (Å²) in [7, 11) is 0. The third-order valence-electron chi connectivity index (χ3n) is 4.10. The highest BCUT2D eigenvalue weighted by atomic mass is 16.1. The zero-order valence-corrected chi connectivity index (χ0v) is 10.3. The molecule has 0 aromatic rings. The first-order chi connectivity index (χ1) is 7.81. The lowest BCUT2D eigenvalue weighted by atomic mass is 9.88. The molecule has 0 saturated heterocycles. The lowest BCUT2D eigenvalue weighted by Crippen LogP contribution is -2.37. The first kappa shape index (κ1) is 11.9. The quantitative estimate of drug-likeness (QED) is 0.672. The molecule has 16 heavy (non-hydrogen) atoms. The Morgan fingerprint density at radius 3 is 2.69 bits per heavy atom. The van der Waals surface area contributed by atoms with Gasteiger partial charge < -0.3 is 10.6 Å². The second-order valence-electron chi connectivity index (χ2n) is 5.32. The number of carbonyl (C=O) groups excluding carboxylic acids is 1. The molecule has 92 valence electrons. The number of hydrogen-bond acceptors (Lipinski definition) is 2. The third-order valence-corrected chi connectivity index (χ3v) is 4.10. The van der Waals surface area contributed by atoms with Gasteiger partial charge in [-0.3, -0.25) is 4.79 Å². The molecule has 0 heterocycles. The van der Waals surface area contributed by atoms with Crippen LogP contribution in [0.25, 0.3) is 0 Å². The van der Waals surface area contributed by atoms with E-state index in [4.69, 9.17) is 0 Å². The SMILES string of the molecule is CCCNCCNC(=O)C1CC2CCC1C2. The Kier molecular flexibility index (Phi) is 4.22. The smallest absolute Gasteiger partial charge is 0.223 e. The van der Waals surface area contributed by atoms with Crippen LogP contribution in [0.5, 0.6) is 0 Å². The average Bonchev–Trinajstić information content (AvgIpc) is 2.90. The van der Waals surface area contributed by atoms with E-state index in [9.17, 15) is 4.79 Å². The molecule has 3 nitrogen and oxygen atoms in total. The van der Waals surface area contributed by atoms with Crippen LogP contribution in [0, 0.1) is 17.8 Å². The zero-order chi connectivity index (χ0) is 11.4. The maximum absolute atomic E-state index is 11.9. The Balaban J connectivity index is 1.61. The molecule has 0 aliphatic heterocycles. The zero-order valence-electron chi connectivity index (χ0n) is 10.3. The highest BCUT2D eigenvalue weighted by molar-refractivity contribution is 5.79. The molecule has 2 N–H and O–H groups in total. The van der Waals surface area contributed by atoms with Crippen molar-refractivity contribution in [3.63, 3.8) is 0 Å². The summed E-state index contributed by atoms with van der Waals surface area (Å²) in [6.45, 7) is 4.89. The molecule has 2 aliphatic rings. The van der Waals surface area contributed by atoms with E-state index >= 15 is 0 Å².